The van der Waals surface area contributed by atoms with E-state index < -0.39 is 6.09 Å². The van der Waals surface area contributed by atoms with Crippen LogP contribution in [0.25, 0.3) is 0 Å². The van der Waals surface area contributed by atoms with E-state index in [0.29, 0.717) is 17.9 Å². The van der Waals surface area contributed by atoms with Crippen LogP contribution in [0.2, 0.25) is 0 Å². The van der Waals surface area contributed by atoms with Crippen LogP contribution in [0.3, 0.4) is 0 Å². The zero-order valence-electron chi connectivity index (χ0n) is 15.8. The topological polar surface area (TPSA) is 59.9 Å². The summed E-state index contributed by atoms with van der Waals surface area (Å²) in [6.45, 7) is 0.613. The van der Waals surface area contributed by atoms with Gasteiger partial charge in [-0.1, -0.05) is 47.6 Å². The molecule has 0 aliphatic carbocycles. The summed E-state index contributed by atoms with van der Waals surface area (Å²) in [5.41, 5.74) is 2.47. The van der Waals surface area contributed by atoms with Gasteiger partial charge in [0.05, 0.1) is 12.8 Å². The molecule has 148 valence electrons. The number of anilines is 1. The Morgan fingerprint density at radius 3 is 2.41 bits per heavy atom. The Morgan fingerprint density at radius 1 is 0.966 bits per heavy atom. The molecule has 0 aliphatic rings. The van der Waals surface area contributed by atoms with Crippen molar-refractivity contribution in [2.24, 2.45) is 5.16 Å². The van der Waals surface area contributed by atoms with Crippen molar-refractivity contribution in [2.45, 2.75) is 12.8 Å². The summed E-state index contributed by atoms with van der Waals surface area (Å²) in [6, 6.07) is 22.9. The normalized spacial score (nSPS) is 10.7. The third kappa shape index (κ3) is 7.10. The molecule has 0 unspecified atom stereocenters. The Hall–Kier alpha value is -3.67. The average Bonchev–Trinajstić information content (AvgIpc) is 2.74. The van der Waals surface area contributed by atoms with E-state index >= 15 is 0 Å². The molecular formula is C23H21FN2O3. The second-order valence-electron chi connectivity index (χ2n) is 6.25. The molecule has 3 aromatic carbocycles. The number of carbonyl (C=O) groups excluding carboxylic acids is 1. The number of hydrogen-bond donors (Lipinski definition) is 1. The zero-order valence-corrected chi connectivity index (χ0v) is 15.8. The highest BCUT2D eigenvalue weighted by Gasteiger charge is 2.03. The van der Waals surface area contributed by atoms with Gasteiger partial charge in [-0.25, -0.2) is 9.18 Å². The number of benzene rings is 3. The number of oxime groups is 1. The first-order valence-corrected chi connectivity index (χ1v) is 9.23. The Kier molecular flexibility index (Phi) is 7.34. The molecule has 5 nitrogen and oxygen atoms in total. The number of rotatable bonds is 8. The number of aryl methyl sites for hydroxylation is 1. The maximum Gasteiger partial charge on any atom is 0.437 e. The minimum atomic E-state index is -0.722. The third-order valence-electron chi connectivity index (χ3n) is 4.03. The molecule has 0 saturated carbocycles. The summed E-state index contributed by atoms with van der Waals surface area (Å²) in [5, 5.41) is 6.14. The average molecular weight is 392 g/mol. The lowest BCUT2D eigenvalue weighted by molar-refractivity contribution is 0.167. The number of amides is 1. The molecule has 0 atom stereocenters. The maximum absolute atomic E-state index is 12.8. The van der Waals surface area contributed by atoms with E-state index in [2.05, 4.69) is 22.6 Å². The van der Waals surface area contributed by atoms with Gasteiger partial charge in [-0.05, 0) is 60.4 Å². The fourth-order valence-electron chi connectivity index (χ4n) is 2.57. The lowest BCUT2D eigenvalue weighted by Gasteiger charge is -2.08. The Labute approximate surface area is 168 Å². The van der Waals surface area contributed by atoms with Crippen molar-refractivity contribution in [2.75, 3.05) is 11.9 Å². The number of hydrogen-bond acceptors (Lipinski definition) is 4. The van der Waals surface area contributed by atoms with Crippen LogP contribution in [-0.2, 0) is 11.3 Å². The molecule has 29 heavy (non-hydrogen) atoms. The van der Waals surface area contributed by atoms with E-state index in [9.17, 15) is 9.18 Å². The van der Waals surface area contributed by atoms with E-state index in [1.807, 2.05) is 18.2 Å². The van der Waals surface area contributed by atoms with Crippen molar-refractivity contribution in [1.82, 2.24) is 0 Å². The first-order chi connectivity index (χ1) is 14.2. The van der Waals surface area contributed by atoms with Crippen molar-refractivity contribution < 1.29 is 18.8 Å². The fourth-order valence-corrected chi connectivity index (χ4v) is 2.57. The van der Waals surface area contributed by atoms with E-state index in [0.717, 1.165) is 18.6 Å². The fraction of sp³-hybridized carbons (Fsp3) is 0.130. The molecule has 0 aliphatic heterocycles. The van der Waals surface area contributed by atoms with Crippen LogP contribution in [0.5, 0.6) is 5.75 Å². The molecule has 0 radical (unpaired) electrons. The van der Waals surface area contributed by atoms with Crippen molar-refractivity contribution >= 4 is 18.0 Å². The van der Waals surface area contributed by atoms with E-state index in [1.165, 1.54) is 36.0 Å². The van der Waals surface area contributed by atoms with E-state index in [4.69, 9.17) is 9.57 Å². The summed E-state index contributed by atoms with van der Waals surface area (Å²) < 4.78 is 18.5. The van der Waals surface area contributed by atoms with Crippen molar-refractivity contribution in [3.63, 3.8) is 0 Å². The molecule has 0 fully saturated rings. The van der Waals surface area contributed by atoms with Gasteiger partial charge < -0.3 is 4.74 Å². The largest absolute Gasteiger partial charge is 0.494 e. The van der Waals surface area contributed by atoms with Crippen LogP contribution in [-0.4, -0.2) is 18.9 Å². The molecule has 0 aromatic heterocycles. The highest BCUT2D eigenvalue weighted by atomic mass is 19.1. The first kappa shape index (κ1) is 20.1. The van der Waals surface area contributed by atoms with Gasteiger partial charge >= 0.3 is 6.09 Å². The van der Waals surface area contributed by atoms with Crippen LogP contribution in [0.4, 0.5) is 14.9 Å². The molecule has 1 N–H and O–H groups in total. The molecule has 6 heteroatoms. The lowest BCUT2D eigenvalue weighted by Crippen LogP contribution is -2.10. The molecule has 0 bridgehead atoms. The quantitative estimate of drug-likeness (QED) is 0.241. The predicted molar refractivity (Wildman–Crippen MR) is 111 cm³/mol. The molecule has 0 heterocycles. The van der Waals surface area contributed by atoms with Crippen LogP contribution in [0, 0.1) is 5.82 Å². The standard InChI is InChI=1S/C23H21FN2O3/c24-20-10-8-19(9-11-20)17-25-29-23(27)26-21-12-14-22(15-13-21)28-16-4-7-18-5-2-1-3-6-18/h1-3,5-6,8-15,17H,4,7,16H2,(H,26,27). The maximum atomic E-state index is 12.8. The van der Waals surface area contributed by atoms with Gasteiger partial charge in [0.1, 0.15) is 11.6 Å². The minimum absolute atomic E-state index is 0.343. The Morgan fingerprint density at radius 2 is 1.69 bits per heavy atom. The first-order valence-electron chi connectivity index (χ1n) is 9.23. The monoisotopic (exact) mass is 392 g/mol. The van der Waals surface area contributed by atoms with Crippen molar-refractivity contribution in [3.8, 4) is 5.75 Å². The zero-order chi connectivity index (χ0) is 20.3. The summed E-state index contributed by atoms with van der Waals surface area (Å²) in [4.78, 5) is 16.5. The number of nitrogens with one attached hydrogen (secondary N) is 1. The van der Waals surface area contributed by atoms with E-state index in [1.54, 1.807) is 24.3 Å². The van der Waals surface area contributed by atoms with Crippen LogP contribution in [0.15, 0.2) is 84.0 Å². The summed E-state index contributed by atoms with van der Waals surface area (Å²) in [6.07, 6.45) is 2.48. The Bertz CT molecular complexity index is 927. The highest BCUT2D eigenvalue weighted by Crippen LogP contribution is 2.16. The number of ether oxygens (including phenoxy) is 1. The smallest absolute Gasteiger partial charge is 0.437 e. The van der Waals surface area contributed by atoms with Gasteiger partial charge in [0.15, 0.2) is 0 Å². The van der Waals surface area contributed by atoms with Gasteiger partial charge in [0, 0.05) is 5.69 Å². The van der Waals surface area contributed by atoms with Crippen LogP contribution < -0.4 is 10.1 Å². The van der Waals surface area contributed by atoms with Gasteiger partial charge in [-0.3, -0.25) is 10.2 Å². The lowest BCUT2D eigenvalue weighted by atomic mass is 10.1. The van der Waals surface area contributed by atoms with Gasteiger partial charge in [0.2, 0.25) is 0 Å². The number of nitrogens with zero attached hydrogens (tertiary/aromatic N) is 1. The predicted octanol–water partition coefficient (Wildman–Crippen LogP) is 5.42. The molecule has 3 rings (SSSR count). The summed E-state index contributed by atoms with van der Waals surface area (Å²) in [7, 11) is 0. The second-order valence-corrected chi connectivity index (χ2v) is 6.25. The highest BCUT2D eigenvalue weighted by molar-refractivity contribution is 5.85. The van der Waals surface area contributed by atoms with Crippen LogP contribution in [0.1, 0.15) is 17.5 Å². The number of carbonyl (C=O) groups is 1. The van der Waals surface area contributed by atoms with Gasteiger partial charge in [0.25, 0.3) is 0 Å². The number of halogens is 1. The second kappa shape index (κ2) is 10.6. The van der Waals surface area contributed by atoms with E-state index in [-0.39, 0.29) is 5.82 Å². The Balaban J connectivity index is 1.38. The SMILES string of the molecule is O=C(Nc1ccc(OCCCc2ccccc2)cc1)ON=Cc1ccc(F)cc1. The molecule has 3 aromatic rings. The third-order valence-corrected chi connectivity index (χ3v) is 4.03. The van der Waals surface area contributed by atoms with Crippen molar-refractivity contribution in [3.05, 3.63) is 95.8 Å². The minimum Gasteiger partial charge on any atom is -0.494 e. The molecule has 0 spiro atoms. The summed E-state index contributed by atoms with van der Waals surface area (Å²) >= 11 is 0. The van der Waals surface area contributed by atoms with Gasteiger partial charge in [-0.2, -0.15) is 0 Å². The molecular weight excluding hydrogens is 371 g/mol. The molecule has 0 saturated heterocycles. The van der Waals surface area contributed by atoms with Crippen LogP contribution >= 0.6 is 0 Å². The van der Waals surface area contributed by atoms with Crippen molar-refractivity contribution in [1.29, 1.82) is 0 Å². The van der Waals surface area contributed by atoms with Gasteiger partial charge in [-0.15, -0.1) is 0 Å². The summed E-state index contributed by atoms with van der Waals surface area (Å²) in [5.74, 6) is 0.385. The molecule has 1 amide bonds.